The summed E-state index contributed by atoms with van der Waals surface area (Å²) in [6, 6.07) is 2.58. The Balaban J connectivity index is 0.00000120. The van der Waals surface area contributed by atoms with Gasteiger partial charge in [-0.05, 0) is 41.7 Å². The Hall–Kier alpha value is 0.200. The Labute approximate surface area is 124 Å². The molecule has 3 rings (SSSR count). The number of thiophene rings is 1. The smallest absolute Gasteiger partial charge is 0.0973 e. The third-order valence-corrected chi connectivity index (χ3v) is 5.57. The van der Waals surface area contributed by atoms with Gasteiger partial charge in [0, 0.05) is 25.7 Å². The molecule has 1 saturated heterocycles. The maximum atomic E-state index is 6.23. The van der Waals surface area contributed by atoms with Crippen LogP contribution in [-0.2, 0) is 6.54 Å². The number of halogens is 2. The number of hydrogen-bond acceptors (Lipinski definition) is 3. The van der Waals surface area contributed by atoms with Gasteiger partial charge in [-0.1, -0.05) is 18.0 Å². The van der Waals surface area contributed by atoms with Crippen molar-refractivity contribution >= 4 is 35.3 Å². The normalized spacial score (nSPS) is 32.0. The summed E-state index contributed by atoms with van der Waals surface area (Å²) < 4.78 is 0.948. The number of fused-ring (bicyclic) bond motifs is 1. The quantitative estimate of drug-likeness (QED) is 0.907. The average molecular weight is 307 g/mol. The summed E-state index contributed by atoms with van der Waals surface area (Å²) >= 11 is 7.79. The van der Waals surface area contributed by atoms with Crippen molar-refractivity contribution in [1.82, 2.24) is 4.90 Å². The molecule has 0 bridgehead atoms. The largest absolute Gasteiger partial charge is 0.327 e. The second kappa shape index (κ2) is 6.10. The summed E-state index contributed by atoms with van der Waals surface area (Å²) in [6.45, 7) is 3.38. The number of nitrogens with zero attached hydrogens (tertiary/aromatic N) is 1. The van der Waals surface area contributed by atoms with E-state index in [1.165, 1.54) is 31.4 Å². The molecule has 3 atom stereocenters. The Morgan fingerprint density at radius 1 is 1.39 bits per heavy atom. The molecule has 3 unspecified atom stereocenters. The standard InChI is InChI=1S/C13H19ClN2S.ClH/c14-13-10(4-5-17-13)7-16-6-9-2-1-3-12(15)11(9)8-16;/h4-5,9,11-12H,1-3,6-8,15H2;1H. The van der Waals surface area contributed by atoms with Gasteiger partial charge in [-0.25, -0.2) is 0 Å². The number of rotatable bonds is 2. The lowest BCUT2D eigenvalue weighted by Crippen LogP contribution is -2.38. The molecule has 1 aromatic rings. The van der Waals surface area contributed by atoms with Gasteiger partial charge in [-0.3, -0.25) is 4.90 Å². The van der Waals surface area contributed by atoms with Crippen molar-refractivity contribution in [2.45, 2.75) is 31.8 Å². The van der Waals surface area contributed by atoms with Crippen LogP contribution >= 0.6 is 35.3 Å². The Kier molecular flexibility index (Phi) is 4.95. The van der Waals surface area contributed by atoms with Crippen molar-refractivity contribution in [3.63, 3.8) is 0 Å². The second-order valence-corrected chi connectivity index (χ2v) is 6.95. The van der Waals surface area contributed by atoms with Gasteiger partial charge in [0.25, 0.3) is 0 Å². The third kappa shape index (κ3) is 2.86. The third-order valence-electron chi connectivity index (χ3n) is 4.32. The van der Waals surface area contributed by atoms with Gasteiger partial charge in [-0.15, -0.1) is 23.7 Å². The fourth-order valence-electron chi connectivity index (χ4n) is 3.41. The molecule has 2 fully saturated rings. The molecule has 5 heteroatoms. The van der Waals surface area contributed by atoms with Crippen LogP contribution in [0.15, 0.2) is 11.4 Å². The summed E-state index contributed by atoms with van der Waals surface area (Å²) in [6.07, 6.45) is 3.90. The minimum Gasteiger partial charge on any atom is -0.327 e. The highest BCUT2D eigenvalue weighted by atomic mass is 35.5. The lowest BCUT2D eigenvalue weighted by atomic mass is 9.78. The van der Waals surface area contributed by atoms with Crippen molar-refractivity contribution in [3.05, 3.63) is 21.3 Å². The van der Waals surface area contributed by atoms with E-state index in [1.807, 2.05) is 0 Å². The monoisotopic (exact) mass is 306 g/mol. The van der Waals surface area contributed by atoms with E-state index >= 15 is 0 Å². The first-order valence-corrected chi connectivity index (χ1v) is 7.69. The first-order valence-electron chi connectivity index (χ1n) is 6.44. The lowest BCUT2D eigenvalue weighted by Gasteiger charge is -2.29. The summed E-state index contributed by atoms with van der Waals surface area (Å²) in [5.74, 6) is 1.55. The molecular weight excluding hydrogens is 287 g/mol. The minimum atomic E-state index is 0. The van der Waals surface area contributed by atoms with Gasteiger partial charge in [0.2, 0.25) is 0 Å². The summed E-state index contributed by atoms with van der Waals surface area (Å²) in [4.78, 5) is 2.54. The van der Waals surface area contributed by atoms with Crippen molar-refractivity contribution in [3.8, 4) is 0 Å². The fourth-order valence-corrected chi connectivity index (χ4v) is 4.32. The minimum absolute atomic E-state index is 0. The molecule has 0 radical (unpaired) electrons. The van der Waals surface area contributed by atoms with E-state index in [0.717, 1.165) is 29.3 Å². The maximum Gasteiger partial charge on any atom is 0.0973 e. The van der Waals surface area contributed by atoms with Crippen molar-refractivity contribution < 1.29 is 0 Å². The van der Waals surface area contributed by atoms with Crippen LogP contribution in [0.3, 0.4) is 0 Å². The molecule has 2 heterocycles. The number of likely N-dealkylation sites (tertiary alicyclic amines) is 1. The molecule has 1 aromatic heterocycles. The second-order valence-electron chi connectivity index (χ2n) is 5.43. The van der Waals surface area contributed by atoms with Crippen LogP contribution < -0.4 is 5.73 Å². The van der Waals surface area contributed by atoms with Crippen LogP contribution in [0.1, 0.15) is 24.8 Å². The fraction of sp³-hybridized carbons (Fsp3) is 0.692. The van der Waals surface area contributed by atoms with Gasteiger partial charge in [0.05, 0.1) is 4.34 Å². The number of nitrogens with two attached hydrogens (primary N) is 1. The van der Waals surface area contributed by atoms with Crippen LogP contribution in [0.4, 0.5) is 0 Å². The Morgan fingerprint density at radius 3 is 2.89 bits per heavy atom. The zero-order chi connectivity index (χ0) is 11.8. The van der Waals surface area contributed by atoms with Gasteiger partial charge in [0.1, 0.15) is 0 Å². The highest BCUT2D eigenvalue weighted by molar-refractivity contribution is 7.14. The summed E-state index contributed by atoms with van der Waals surface area (Å²) in [7, 11) is 0. The van der Waals surface area contributed by atoms with Gasteiger partial charge < -0.3 is 5.73 Å². The van der Waals surface area contributed by atoms with Gasteiger partial charge in [-0.2, -0.15) is 0 Å². The summed E-state index contributed by atoms with van der Waals surface area (Å²) in [5.41, 5.74) is 7.52. The molecular formula is C13H20Cl2N2S. The molecule has 1 aliphatic carbocycles. The van der Waals surface area contributed by atoms with Crippen LogP contribution in [0.25, 0.3) is 0 Å². The highest BCUT2D eigenvalue weighted by Crippen LogP contribution is 2.36. The maximum absolute atomic E-state index is 6.23. The van der Waals surface area contributed by atoms with Crippen LogP contribution in [-0.4, -0.2) is 24.0 Å². The molecule has 0 spiro atoms. The predicted molar refractivity (Wildman–Crippen MR) is 80.7 cm³/mol. The molecule has 2 nitrogen and oxygen atoms in total. The molecule has 1 saturated carbocycles. The van der Waals surface area contributed by atoms with E-state index in [4.69, 9.17) is 17.3 Å². The summed E-state index contributed by atoms with van der Waals surface area (Å²) in [5, 5.41) is 2.08. The van der Waals surface area contributed by atoms with Crippen LogP contribution in [0.2, 0.25) is 4.34 Å². The Bertz CT molecular complexity index is 396. The zero-order valence-electron chi connectivity index (χ0n) is 10.3. The molecule has 18 heavy (non-hydrogen) atoms. The first-order chi connectivity index (χ1) is 8.24. The van der Waals surface area contributed by atoms with Crippen molar-refractivity contribution in [1.29, 1.82) is 0 Å². The molecule has 0 aromatic carbocycles. The lowest BCUT2D eigenvalue weighted by molar-refractivity contribution is 0.259. The van der Waals surface area contributed by atoms with Crippen LogP contribution in [0, 0.1) is 11.8 Å². The highest BCUT2D eigenvalue weighted by Gasteiger charge is 2.38. The van der Waals surface area contributed by atoms with E-state index in [0.29, 0.717) is 6.04 Å². The Morgan fingerprint density at radius 2 is 2.22 bits per heavy atom. The van der Waals surface area contributed by atoms with E-state index in [9.17, 15) is 0 Å². The zero-order valence-corrected chi connectivity index (χ0v) is 12.7. The van der Waals surface area contributed by atoms with E-state index in [-0.39, 0.29) is 12.4 Å². The SMILES string of the molecule is Cl.NC1CCCC2CN(Cc3ccsc3Cl)CC12. The molecule has 102 valence electrons. The van der Waals surface area contributed by atoms with Gasteiger partial charge in [0.15, 0.2) is 0 Å². The molecule has 2 N–H and O–H groups in total. The molecule has 2 aliphatic rings. The molecule has 0 amide bonds. The van der Waals surface area contributed by atoms with Crippen molar-refractivity contribution in [2.24, 2.45) is 17.6 Å². The van der Waals surface area contributed by atoms with Crippen LogP contribution in [0.5, 0.6) is 0 Å². The average Bonchev–Trinajstić information content (AvgIpc) is 2.87. The van der Waals surface area contributed by atoms with E-state index < -0.39 is 0 Å². The number of hydrogen-bond donors (Lipinski definition) is 1. The van der Waals surface area contributed by atoms with Crippen molar-refractivity contribution in [2.75, 3.05) is 13.1 Å². The van der Waals surface area contributed by atoms with E-state index in [2.05, 4.69) is 16.3 Å². The first kappa shape index (κ1) is 14.6. The molecule has 1 aliphatic heterocycles. The predicted octanol–water partition coefficient (Wildman–Crippen LogP) is 3.38. The topological polar surface area (TPSA) is 29.3 Å². The van der Waals surface area contributed by atoms with Gasteiger partial charge >= 0.3 is 0 Å². The van der Waals surface area contributed by atoms with E-state index in [1.54, 1.807) is 11.3 Å².